The summed E-state index contributed by atoms with van der Waals surface area (Å²) in [6, 6.07) is 5.07. The average Bonchev–Trinajstić information content (AvgIpc) is 3.08. The van der Waals surface area contributed by atoms with E-state index in [9.17, 15) is 23.2 Å². The standard InChI is InChI=1S/C17H14F2N2O4/c1-9-3-6-14(25-9)17(2)15(23)21(16(24)20-17)8-13(22)10-4-5-11(18)12(19)7-10/h3-7H,8H2,1-2H3,(H,20,24). The molecule has 0 bridgehead atoms. The normalized spacial score (nSPS) is 20.1. The summed E-state index contributed by atoms with van der Waals surface area (Å²) in [5.74, 6) is -2.82. The number of carbonyl (C=O) groups is 3. The molecule has 1 aliphatic heterocycles. The van der Waals surface area contributed by atoms with Crippen molar-refractivity contribution >= 4 is 17.7 Å². The zero-order chi connectivity index (χ0) is 18.4. The number of imide groups is 1. The molecule has 2 aromatic rings. The molecule has 0 aliphatic carbocycles. The Morgan fingerprint density at radius 1 is 1.20 bits per heavy atom. The molecule has 1 aliphatic rings. The van der Waals surface area contributed by atoms with Crippen molar-refractivity contribution in [1.82, 2.24) is 10.2 Å². The first-order chi connectivity index (χ1) is 11.7. The van der Waals surface area contributed by atoms with E-state index >= 15 is 0 Å². The lowest BCUT2D eigenvalue weighted by Crippen LogP contribution is -2.41. The highest BCUT2D eigenvalue weighted by molar-refractivity contribution is 6.11. The number of halogens is 2. The predicted molar refractivity (Wildman–Crippen MR) is 81.7 cm³/mol. The molecule has 25 heavy (non-hydrogen) atoms. The van der Waals surface area contributed by atoms with E-state index in [0.29, 0.717) is 5.76 Å². The third-order valence-electron chi connectivity index (χ3n) is 4.05. The van der Waals surface area contributed by atoms with Gasteiger partial charge in [0.05, 0.1) is 6.54 Å². The van der Waals surface area contributed by atoms with Crippen molar-refractivity contribution in [1.29, 1.82) is 0 Å². The van der Waals surface area contributed by atoms with Gasteiger partial charge in [0, 0.05) is 5.56 Å². The summed E-state index contributed by atoms with van der Waals surface area (Å²) in [6.45, 7) is 2.57. The molecule has 3 amide bonds. The Kier molecular flexibility index (Phi) is 3.90. The number of rotatable bonds is 4. The fourth-order valence-corrected chi connectivity index (χ4v) is 2.62. The van der Waals surface area contributed by atoms with Crippen LogP contribution in [0.4, 0.5) is 13.6 Å². The van der Waals surface area contributed by atoms with Crippen LogP contribution in [0.25, 0.3) is 0 Å². The number of hydrogen-bond donors (Lipinski definition) is 1. The topological polar surface area (TPSA) is 79.6 Å². The van der Waals surface area contributed by atoms with Gasteiger partial charge in [0.15, 0.2) is 23.0 Å². The third-order valence-corrected chi connectivity index (χ3v) is 4.05. The van der Waals surface area contributed by atoms with Crippen molar-refractivity contribution in [3.63, 3.8) is 0 Å². The SMILES string of the molecule is Cc1ccc(C2(C)NC(=O)N(CC(=O)c3ccc(F)c(F)c3)C2=O)o1. The summed E-state index contributed by atoms with van der Waals surface area (Å²) in [5, 5.41) is 2.49. The Labute approximate surface area is 141 Å². The van der Waals surface area contributed by atoms with Gasteiger partial charge in [-0.1, -0.05) is 0 Å². The Bertz CT molecular complexity index is 893. The van der Waals surface area contributed by atoms with Gasteiger partial charge < -0.3 is 9.73 Å². The molecule has 3 rings (SSSR count). The minimum atomic E-state index is -1.43. The molecule has 8 heteroatoms. The first kappa shape index (κ1) is 16.8. The maximum atomic E-state index is 13.3. The zero-order valence-corrected chi connectivity index (χ0v) is 13.4. The monoisotopic (exact) mass is 348 g/mol. The number of benzene rings is 1. The van der Waals surface area contributed by atoms with Gasteiger partial charge >= 0.3 is 6.03 Å². The molecule has 0 saturated carbocycles. The van der Waals surface area contributed by atoms with Gasteiger partial charge in [-0.3, -0.25) is 14.5 Å². The van der Waals surface area contributed by atoms with E-state index < -0.39 is 41.4 Å². The first-order valence-electron chi connectivity index (χ1n) is 7.41. The second kappa shape index (κ2) is 5.80. The number of hydrogen-bond acceptors (Lipinski definition) is 4. The van der Waals surface area contributed by atoms with E-state index in [1.807, 2.05) is 0 Å². The maximum absolute atomic E-state index is 13.3. The largest absolute Gasteiger partial charge is 0.463 e. The van der Waals surface area contributed by atoms with E-state index in [4.69, 9.17) is 4.42 Å². The minimum absolute atomic E-state index is 0.137. The Morgan fingerprint density at radius 2 is 1.92 bits per heavy atom. The Balaban J connectivity index is 1.83. The molecule has 6 nitrogen and oxygen atoms in total. The molecule has 1 fully saturated rings. The number of nitrogens with one attached hydrogen (secondary N) is 1. The smallest absolute Gasteiger partial charge is 0.325 e. The van der Waals surface area contributed by atoms with Crippen molar-refractivity contribution < 1.29 is 27.6 Å². The third kappa shape index (κ3) is 2.79. The maximum Gasteiger partial charge on any atom is 0.325 e. The van der Waals surface area contributed by atoms with Crippen molar-refractivity contribution in [2.45, 2.75) is 19.4 Å². The molecule has 2 heterocycles. The van der Waals surface area contributed by atoms with Crippen LogP contribution in [0, 0.1) is 18.6 Å². The summed E-state index contributed by atoms with van der Waals surface area (Å²) in [7, 11) is 0. The number of carbonyl (C=O) groups excluding carboxylic acids is 3. The highest BCUT2D eigenvalue weighted by Crippen LogP contribution is 2.30. The van der Waals surface area contributed by atoms with Gasteiger partial charge in [-0.15, -0.1) is 0 Å². The van der Waals surface area contributed by atoms with Crippen molar-refractivity contribution in [3.05, 3.63) is 59.1 Å². The second-order valence-corrected chi connectivity index (χ2v) is 5.91. The molecule has 1 aromatic heterocycles. The molecule has 1 saturated heterocycles. The van der Waals surface area contributed by atoms with E-state index in [2.05, 4.69) is 5.32 Å². The molecule has 130 valence electrons. The molecule has 1 aromatic carbocycles. The summed E-state index contributed by atoms with van der Waals surface area (Å²) >= 11 is 0. The molecule has 1 N–H and O–H groups in total. The van der Waals surface area contributed by atoms with Gasteiger partial charge in [0.25, 0.3) is 5.91 Å². The fraction of sp³-hybridized carbons (Fsp3) is 0.235. The Hall–Kier alpha value is -3.03. The van der Waals surface area contributed by atoms with Crippen LogP contribution in [0.2, 0.25) is 0 Å². The molecule has 0 radical (unpaired) electrons. The van der Waals surface area contributed by atoms with E-state index in [0.717, 1.165) is 23.1 Å². The molecule has 0 spiro atoms. The van der Waals surface area contributed by atoms with Gasteiger partial charge in [-0.2, -0.15) is 0 Å². The number of urea groups is 1. The van der Waals surface area contributed by atoms with Gasteiger partial charge in [-0.25, -0.2) is 13.6 Å². The van der Waals surface area contributed by atoms with Crippen LogP contribution in [0.15, 0.2) is 34.7 Å². The average molecular weight is 348 g/mol. The van der Waals surface area contributed by atoms with Crippen molar-refractivity contribution in [2.75, 3.05) is 6.54 Å². The molecular weight excluding hydrogens is 334 g/mol. The summed E-state index contributed by atoms with van der Waals surface area (Å²) in [5.41, 5.74) is -1.57. The number of nitrogens with zero attached hydrogens (tertiary/aromatic N) is 1. The van der Waals surface area contributed by atoms with Crippen LogP contribution in [-0.2, 0) is 10.3 Å². The minimum Gasteiger partial charge on any atom is -0.463 e. The molecule has 1 unspecified atom stereocenters. The van der Waals surface area contributed by atoms with Gasteiger partial charge in [-0.05, 0) is 44.2 Å². The lowest BCUT2D eigenvalue weighted by Gasteiger charge is -2.18. The molecular formula is C17H14F2N2O4. The van der Waals surface area contributed by atoms with Crippen molar-refractivity contribution in [3.8, 4) is 0 Å². The highest BCUT2D eigenvalue weighted by atomic mass is 19.2. The van der Waals surface area contributed by atoms with Crippen LogP contribution >= 0.6 is 0 Å². The van der Waals surface area contributed by atoms with Gasteiger partial charge in [0.2, 0.25) is 0 Å². The second-order valence-electron chi connectivity index (χ2n) is 5.91. The Morgan fingerprint density at radius 3 is 2.52 bits per heavy atom. The number of Topliss-reactive ketones (excluding diaryl/α,β-unsaturated/α-hetero) is 1. The fourth-order valence-electron chi connectivity index (χ4n) is 2.62. The number of furan rings is 1. The van der Waals surface area contributed by atoms with Crippen molar-refractivity contribution in [2.24, 2.45) is 0 Å². The van der Waals surface area contributed by atoms with Gasteiger partial charge in [0.1, 0.15) is 11.5 Å². The lowest BCUT2D eigenvalue weighted by atomic mass is 9.99. The number of ketones is 1. The highest BCUT2D eigenvalue weighted by Gasteiger charge is 2.51. The van der Waals surface area contributed by atoms with Crippen LogP contribution in [-0.4, -0.2) is 29.2 Å². The van der Waals surface area contributed by atoms with E-state index in [1.54, 1.807) is 19.1 Å². The molecule has 1 atom stereocenters. The predicted octanol–water partition coefficient (Wildman–Crippen LogP) is 2.52. The van der Waals surface area contributed by atoms with Crippen LogP contribution < -0.4 is 5.32 Å². The summed E-state index contributed by atoms with van der Waals surface area (Å²) in [4.78, 5) is 37.7. The number of aryl methyl sites for hydroxylation is 1. The lowest BCUT2D eigenvalue weighted by molar-refractivity contribution is -0.131. The zero-order valence-electron chi connectivity index (χ0n) is 13.4. The number of amides is 3. The first-order valence-corrected chi connectivity index (χ1v) is 7.41. The quantitative estimate of drug-likeness (QED) is 0.680. The van der Waals surface area contributed by atoms with E-state index in [-0.39, 0.29) is 11.3 Å². The summed E-state index contributed by atoms with van der Waals surface area (Å²) < 4.78 is 31.6. The summed E-state index contributed by atoms with van der Waals surface area (Å²) in [6.07, 6.45) is 0. The van der Waals surface area contributed by atoms with E-state index in [1.165, 1.54) is 6.92 Å². The van der Waals surface area contributed by atoms with Crippen LogP contribution in [0.1, 0.15) is 28.8 Å². The van der Waals surface area contributed by atoms with Crippen LogP contribution in [0.5, 0.6) is 0 Å². The van der Waals surface area contributed by atoms with Crippen LogP contribution in [0.3, 0.4) is 0 Å².